The van der Waals surface area contributed by atoms with Gasteiger partial charge in [-0.25, -0.2) is 4.79 Å². The van der Waals surface area contributed by atoms with Crippen LogP contribution in [0.2, 0.25) is 0 Å². The number of aryl methyl sites for hydroxylation is 2. The molecule has 0 aliphatic carbocycles. The van der Waals surface area contributed by atoms with Crippen molar-refractivity contribution in [2.24, 2.45) is 7.05 Å². The second kappa shape index (κ2) is 4.92. The Morgan fingerprint density at radius 2 is 2.05 bits per heavy atom. The molecule has 20 heavy (non-hydrogen) atoms. The van der Waals surface area contributed by atoms with Crippen molar-refractivity contribution in [2.45, 2.75) is 26.8 Å². The Morgan fingerprint density at radius 1 is 1.40 bits per heavy atom. The van der Waals surface area contributed by atoms with Crippen LogP contribution in [-0.2, 0) is 7.05 Å². The molecular weight excluding hydrogens is 260 g/mol. The van der Waals surface area contributed by atoms with E-state index in [1.54, 1.807) is 38.7 Å². The Balaban J connectivity index is 2.69. The summed E-state index contributed by atoms with van der Waals surface area (Å²) in [7, 11) is 1.78. The van der Waals surface area contributed by atoms with Crippen LogP contribution in [0.5, 0.6) is 0 Å². The fourth-order valence-electron chi connectivity index (χ4n) is 2.49. The highest BCUT2D eigenvalue weighted by atomic mass is 16.4. The van der Waals surface area contributed by atoms with Gasteiger partial charge >= 0.3 is 5.97 Å². The first kappa shape index (κ1) is 14.0. The molecule has 7 heteroatoms. The maximum atomic E-state index is 12.2. The molecule has 2 aromatic rings. The topological polar surface area (TPSA) is 90.0 Å². The van der Waals surface area contributed by atoms with Crippen molar-refractivity contribution in [3.8, 4) is 0 Å². The molecule has 0 fully saturated rings. The zero-order chi connectivity index (χ0) is 15.0. The van der Waals surface area contributed by atoms with E-state index in [1.165, 1.54) is 10.6 Å². The Kier molecular flexibility index (Phi) is 3.44. The molecule has 0 amide bonds. The number of aromatic nitrogens is 4. The van der Waals surface area contributed by atoms with Gasteiger partial charge in [0.1, 0.15) is 6.33 Å². The molecule has 0 spiro atoms. The molecule has 1 unspecified atom stereocenters. The summed E-state index contributed by atoms with van der Waals surface area (Å²) >= 11 is 0. The molecule has 2 aromatic heterocycles. The average molecular weight is 276 g/mol. The third-order valence-corrected chi connectivity index (χ3v) is 3.42. The van der Waals surface area contributed by atoms with Gasteiger partial charge in [0, 0.05) is 18.8 Å². The maximum Gasteiger partial charge on any atom is 0.337 e. The van der Waals surface area contributed by atoms with Crippen LogP contribution in [0.15, 0.2) is 17.2 Å². The summed E-state index contributed by atoms with van der Waals surface area (Å²) in [5.74, 6) is -0.450. The first-order valence-electron chi connectivity index (χ1n) is 6.14. The van der Waals surface area contributed by atoms with Crippen LogP contribution in [-0.4, -0.2) is 30.4 Å². The molecular formula is C13H16N4O3. The van der Waals surface area contributed by atoms with E-state index in [-0.39, 0.29) is 11.1 Å². The number of carboxylic acid groups (broad SMARTS) is 1. The Labute approximate surface area is 115 Å². The van der Waals surface area contributed by atoms with Gasteiger partial charge in [-0.1, -0.05) is 0 Å². The molecule has 2 heterocycles. The second-order valence-electron chi connectivity index (χ2n) is 4.78. The van der Waals surface area contributed by atoms with E-state index in [9.17, 15) is 14.7 Å². The number of hydrogen-bond acceptors (Lipinski definition) is 4. The quantitative estimate of drug-likeness (QED) is 0.899. The molecule has 7 nitrogen and oxygen atoms in total. The van der Waals surface area contributed by atoms with Crippen molar-refractivity contribution in [3.05, 3.63) is 45.4 Å². The van der Waals surface area contributed by atoms with Crippen LogP contribution in [0.1, 0.15) is 40.4 Å². The number of carbonyl (C=O) groups is 1. The van der Waals surface area contributed by atoms with Crippen LogP contribution >= 0.6 is 0 Å². The largest absolute Gasteiger partial charge is 0.478 e. The van der Waals surface area contributed by atoms with E-state index in [1.807, 2.05) is 0 Å². The van der Waals surface area contributed by atoms with Crippen molar-refractivity contribution in [1.29, 1.82) is 0 Å². The maximum absolute atomic E-state index is 12.2. The summed E-state index contributed by atoms with van der Waals surface area (Å²) < 4.78 is 3.14. The number of nitrogens with zero attached hydrogens (tertiary/aromatic N) is 4. The minimum atomic E-state index is -1.04. The second-order valence-corrected chi connectivity index (χ2v) is 4.78. The fourth-order valence-corrected chi connectivity index (χ4v) is 2.49. The molecule has 0 saturated heterocycles. The molecule has 0 bridgehead atoms. The monoisotopic (exact) mass is 276 g/mol. The highest BCUT2D eigenvalue weighted by Gasteiger charge is 2.21. The van der Waals surface area contributed by atoms with Crippen molar-refractivity contribution in [2.75, 3.05) is 0 Å². The zero-order valence-electron chi connectivity index (χ0n) is 11.8. The van der Waals surface area contributed by atoms with Gasteiger partial charge in [-0.2, -0.15) is 0 Å². The molecule has 0 aromatic carbocycles. The lowest BCUT2D eigenvalue weighted by Crippen LogP contribution is -2.29. The third-order valence-electron chi connectivity index (χ3n) is 3.42. The summed E-state index contributed by atoms with van der Waals surface area (Å²) in [6, 6.07) is 0.942. The van der Waals surface area contributed by atoms with Crippen molar-refractivity contribution >= 4 is 5.97 Å². The number of carboxylic acids is 1. The summed E-state index contributed by atoms with van der Waals surface area (Å²) in [5.41, 5.74) is 0.776. The highest BCUT2D eigenvalue weighted by Crippen LogP contribution is 2.19. The van der Waals surface area contributed by atoms with Gasteiger partial charge in [-0.3, -0.25) is 4.79 Å². The Bertz CT molecular complexity index is 730. The van der Waals surface area contributed by atoms with Gasteiger partial charge in [0.25, 0.3) is 5.56 Å². The van der Waals surface area contributed by atoms with Gasteiger partial charge in [-0.05, 0) is 26.3 Å². The van der Waals surface area contributed by atoms with E-state index < -0.39 is 12.0 Å². The van der Waals surface area contributed by atoms with E-state index in [4.69, 9.17) is 0 Å². The predicted molar refractivity (Wildman–Crippen MR) is 72.0 cm³/mol. The lowest BCUT2D eigenvalue weighted by atomic mass is 10.1. The smallest absolute Gasteiger partial charge is 0.337 e. The first-order valence-corrected chi connectivity index (χ1v) is 6.14. The number of hydrogen-bond donors (Lipinski definition) is 1. The van der Waals surface area contributed by atoms with E-state index >= 15 is 0 Å². The first-order chi connectivity index (χ1) is 9.34. The molecule has 106 valence electrons. The standard InChI is InChI=1S/C13H16N4O3/c1-7-5-10(18)17(8(2)11(7)13(19)20)9(3)12-15-14-6-16(12)4/h5-6,9H,1-4H3,(H,19,20). The molecule has 0 radical (unpaired) electrons. The average Bonchev–Trinajstić information content (AvgIpc) is 2.73. The third kappa shape index (κ3) is 2.11. The highest BCUT2D eigenvalue weighted by molar-refractivity contribution is 5.90. The summed E-state index contributed by atoms with van der Waals surface area (Å²) in [5, 5.41) is 17.0. The van der Waals surface area contributed by atoms with Gasteiger partial charge < -0.3 is 14.2 Å². The molecule has 1 N–H and O–H groups in total. The lowest BCUT2D eigenvalue weighted by molar-refractivity contribution is 0.0694. The minimum absolute atomic E-state index is 0.151. The zero-order valence-corrected chi connectivity index (χ0v) is 11.8. The van der Waals surface area contributed by atoms with E-state index in [2.05, 4.69) is 10.2 Å². The molecule has 0 aliphatic heterocycles. The van der Waals surface area contributed by atoms with Crippen molar-refractivity contribution in [1.82, 2.24) is 19.3 Å². The van der Waals surface area contributed by atoms with E-state index in [0.717, 1.165) is 0 Å². The summed E-state index contributed by atoms with van der Waals surface area (Å²) in [6.45, 7) is 5.04. The number of pyridine rings is 1. The normalized spacial score (nSPS) is 12.4. The van der Waals surface area contributed by atoms with Gasteiger partial charge in [0.2, 0.25) is 0 Å². The number of aromatic carboxylic acids is 1. The Morgan fingerprint density at radius 3 is 2.55 bits per heavy atom. The van der Waals surface area contributed by atoms with E-state index in [0.29, 0.717) is 17.1 Å². The van der Waals surface area contributed by atoms with Crippen LogP contribution in [0.25, 0.3) is 0 Å². The lowest BCUT2D eigenvalue weighted by Gasteiger charge is -2.19. The fraction of sp³-hybridized carbons (Fsp3) is 0.385. The summed E-state index contributed by atoms with van der Waals surface area (Å²) in [4.78, 5) is 23.5. The van der Waals surface area contributed by atoms with Gasteiger partial charge in [0.15, 0.2) is 5.82 Å². The minimum Gasteiger partial charge on any atom is -0.478 e. The predicted octanol–water partition coefficient (Wildman–Crippen LogP) is 0.901. The molecule has 0 aliphatic rings. The van der Waals surface area contributed by atoms with Crippen molar-refractivity contribution < 1.29 is 9.90 Å². The molecule has 2 rings (SSSR count). The SMILES string of the molecule is Cc1cc(=O)n(C(C)c2nncn2C)c(C)c1C(=O)O. The van der Waals surface area contributed by atoms with Crippen LogP contribution < -0.4 is 5.56 Å². The molecule has 1 atom stereocenters. The van der Waals surface area contributed by atoms with Crippen LogP contribution in [0, 0.1) is 13.8 Å². The van der Waals surface area contributed by atoms with Gasteiger partial charge in [0.05, 0.1) is 11.6 Å². The van der Waals surface area contributed by atoms with Crippen LogP contribution in [0.3, 0.4) is 0 Å². The van der Waals surface area contributed by atoms with Crippen molar-refractivity contribution in [3.63, 3.8) is 0 Å². The summed E-state index contributed by atoms with van der Waals surface area (Å²) in [6.07, 6.45) is 1.54. The number of rotatable bonds is 3. The van der Waals surface area contributed by atoms with Gasteiger partial charge in [-0.15, -0.1) is 10.2 Å². The van der Waals surface area contributed by atoms with Crippen LogP contribution in [0.4, 0.5) is 0 Å². The Hall–Kier alpha value is -2.44. The molecule has 0 saturated carbocycles.